The van der Waals surface area contributed by atoms with Crippen LogP contribution in [0.2, 0.25) is 5.02 Å². The molecule has 1 aromatic heterocycles. The number of piperidine rings is 2. The van der Waals surface area contributed by atoms with Crippen LogP contribution in [0.4, 0.5) is 0 Å². The molecule has 1 unspecified atom stereocenters. The van der Waals surface area contributed by atoms with Crippen molar-refractivity contribution < 1.29 is 24.3 Å². The van der Waals surface area contributed by atoms with E-state index in [4.69, 9.17) is 11.6 Å². The molecule has 5 rings (SSSR count). The first kappa shape index (κ1) is 22.5. The van der Waals surface area contributed by atoms with E-state index in [1.807, 2.05) is 0 Å². The number of rotatable bonds is 3. The number of carbonyl (C=O) groups is 4. The Morgan fingerprint density at radius 1 is 1.09 bits per heavy atom. The van der Waals surface area contributed by atoms with Crippen molar-refractivity contribution in [1.29, 1.82) is 0 Å². The fraction of sp³-hybridized carbons (Fsp3) is 0.375. The van der Waals surface area contributed by atoms with Crippen LogP contribution in [0.3, 0.4) is 0 Å². The van der Waals surface area contributed by atoms with Gasteiger partial charge in [0.2, 0.25) is 11.8 Å². The Bertz CT molecular complexity index is 1190. The number of hydrogen-bond donors (Lipinski definition) is 2. The van der Waals surface area contributed by atoms with Crippen LogP contribution < -0.4 is 5.32 Å². The summed E-state index contributed by atoms with van der Waals surface area (Å²) in [6, 6.07) is 9.26. The van der Waals surface area contributed by atoms with Gasteiger partial charge >= 0.3 is 0 Å². The molecule has 9 nitrogen and oxygen atoms in total. The Morgan fingerprint density at radius 2 is 1.79 bits per heavy atom. The van der Waals surface area contributed by atoms with Crippen molar-refractivity contribution in [3.8, 4) is 0 Å². The topological polar surface area (TPSA) is 120 Å². The molecular formula is C24H23ClN4O5. The lowest BCUT2D eigenvalue weighted by Crippen LogP contribution is -2.52. The van der Waals surface area contributed by atoms with Crippen LogP contribution >= 0.6 is 11.6 Å². The maximum Gasteiger partial charge on any atom is 0.256 e. The maximum atomic E-state index is 12.9. The summed E-state index contributed by atoms with van der Waals surface area (Å²) in [7, 11) is 0. The van der Waals surface area contributed by atoms with E-state index in [1.54, 1.807) is 41.3 Å². The van der Waals surface area contributed by atoms with Gasteiger partial charge in [-0.3, -0.25) is 29.5 Å². The number of hydrogen-bond acceptors (Lipinski definition) is 6. The van der Waals surface area contributed by atoms with Crippen LogP contribution in [0, 0.1) is 0 Å². The third kappa shape index (κ3) is 3.95. The molecule has 1 atom stereocenters. The molecule has 34 heavy (non-hydrogen) atoms. The average Bonchev–Trinajstić information content (AvgIpc) is 3.15. The zero-order valence-electron chi connectivity index (χ0n) is 18.3. The molecule has 0 spiro atoms. The predicted octanol–water partition coefficient (Wildman–Crippen LogP) is 1.62. The minimum atomic E-state index is -1.23. The van der Waals surface area contributed by atoms with E-state index < -0.39 is 17.6 Å². The molecule has 3 aliphatic heterocycles. The molecule has 2 saturated heterocycles. The number of amides is 4. The second-order valence-corrected chi connectivity index (χ2v) is 9.36. The van der Waals surface area contributed by atoms with Crippen LogP contribution in [0.5, 0.6) is 0 Å². The van der Waals surface area contributed by atoms with Gasteiger partial charge in [0.05, 0.1) is 23.5 Å². The molecule has 3 aliphatic rings. The Labute approximate surface area is 200 Å². The van der Waals surface area contributed by atoms with E-state index in [1.165, 1.54) is 4.90 Å². The summed E-state index contributed by atoms with van der Waals surface area (Å²) in [5, 5.41) is 14.2. The Morgan fingerprint density at radius 3 is 2.47 bits per heavy atom. The summed E-state index contributed by atoms with van der Waals surface area (Å²) in [6.45, 7) is 0.863. The first-order valence-corrected chi connectivity index (χ1v) is 11.6. The highest BCUT2D eigenvalue weighted by Crippen LogP contribution is 2.35. The molecule has 2 aromatic rings. The van der Waals surface area contributed by atoms with Gasteiger partial charge in [-0.2, -0.15) is 0 Å². The van der Waals surface area contributed by atoms with E-state index >= 15 is 0 Å². The molecule has 1 aromatic carbocycles. The van der Waals surface area contributed by atoms with Gasteiger partial charge in [0, 0.05) is 30.1 Å². The van der Waals surface area contributed by atoms with Gasteiger partial charge in [0.15, 0.2) is 0 Å². The van der Waals surface area contributed by atoms with Crippen molar-refractivity contribution in [2.24, 2.45) is 0 Å². The van der Waals surface area contributed by atoms with Crippen LogP contribution in [0.25, 0.3) is 0 Å². The molecule has 0 saturated carbocycles. The highest BCUT2D eigenvalue weighted by molar-refractivity contribution is 6.30. The molecule has 4 heterocycles. The largest absolute Gasteiger partial charge is 0.383 e. The average molecular weight is 483 g/mol. The normalized spacial score (nSPS) is 21.9. The van der Waals surface area contributed by atoms with Crippen molar-refractivity contribution in [3.05, 3.63) is 63.9 Å². The van der Waals surface area contributed by atoms with Gasteiger partial charge in [0.1, 0.15) is 11.6 Å². The highest BCUT2D eigenvalue weighted by atomic mass is 35.5. The van der Waals surface area contributed by atoms with Gasteiger partial charge in [-0.1, -0.05) is 11.6 Å². The number of fused-ring (bicyclic) bond motifs is 1. The molecule has 0 aliphatic carbocycles. The molecule has 10 heteroatoms. The van der Waals surface area contributed by atoms with E-state index in [9.17, 15) is 24.3 Å². The van der Waals surface area contributed by atoms with Gasteiger partial charge in [-0.25, -0.2) is 0 Å². The number of aliphatic hydroxyl groups is 1. The third-order valence-corrected chi connectivity index (χ3v) is 7.07. The van der Waals surface area contributed by atoms with Crippen molar-refractivity contribution >= 4 is 35.2 Å². The maximum absolute atomic E-state index is 12.9. The van der Waals surface area contributed by atoms with Crippen molar-refractivity contribution in [3.63, 3.8) is 0 Å². The van der Waals surface area contributed by atoms with E-state index in [2.05, 4.69) is 10.3 Å². The van der Waals surface area contributed by atoms with Crippen LogP contribution in [-0.2, 0) is 21.7 Å². The first-order chi connectivity index (χ1) is 16.2. The smallest absolute Gasteiger partial charge is 0.256 e. The zero-order valence-corrected chi connectivity index (χ0v) is 19.0. The summed E-state index contributed by atoms with van der Waals surface area (Å²) in [5.74, 6) is -1.24. The number of aromatic nitrogens is 1. The van der Waals surface area contributed by atoms with Gasteiger partial charge in [-0.05, 0) is 55.7 Å². The Balaban J connectivity index is 1.29. The summed E-state index contributed by atoms with van der Waals surface area (Å²) in [6.07, 6.45) is 1.07. The first-order valence-electron chi connectivity index (χ1n) is 11.2. The predicted molar refractivity (Wildman–Crippen MR) is 121 cm³/mol. The monoisotopic (exact) mass is 482 g/mol. The van der Waals surface area contributed by atoms with Gasteiger partial charge in [0.25, 0.3) is 11.8 Å². The molecular weight excluding hydrogens is 460 g/mol. The van der Waals surface area contributed by atoms with Crippen LogP contribution in [0.1, 0.15) is 57.8 Å². The molecule has 0 bridgehead atoms. The fourth-order valence-corrected chi connectivity index (χ4v) is 4.93. The summed E-state index contributed by atoms with van der Waals surface area (Å²) < 4.78 is 0. The standard InChI is InChI=1S/C24H23ClN4O5/c25-15-3-1-14(2-4-15)22(32)28-11-9-24(34,10-12-28)19-7-5-16-17(26-19)13-29(23(16)33)18-6-8-20(30)27-21(18)31/h1-5,7,18,34H,6,8-13H2,(H,27,30,31). The molecule has 176 valence electrons. The number of halogens is 1. The van der Waals surface area contributed by atoms with E-state index in [0.29, 0.717) is 53.5 Å². The van der Waals surface area contributed by atoms with Crippen LogP contribution in [0.15, 0.2) is 36.4 Å². The van der Waals surface area contributed by atoms with E-state index in [0.717, 1.165) is 0 Å². The second kappa shape index (κ2) is 8.48. The summed E-state index contributed by atoms with van der Waals surface area (Å²) >= 11 is 5.90. The SMILES string of the molecule is O=C1CCC(N2Cc3nc(C4(O)CCN(C(=O)c5ccc(Cl)cc5)CC4)ccc3C2=O)C(=O)N1. The Hall–Kier alpha value is -3.30. The quantitative estimate of drug-likeness (QED) is 0.641. The second-order valence-electron chi connectivity index (χ2n) is 8.92. The number of imide groups is 1. The minimum absolute atomic E-state index is 0.119. The minimum Gasteiger partial charge on any atom is -0.383 e. The van der Waals surface area contributed by atoms with E-state index in [-0.39, 0.29) is 37.1 Å². The van der Waals surface area contributed by atoms with Crippen molar-refractivity contribution in [2.75, 3.05) is 13.1 Å². The number of nitrogens with one attached hydrogen (secondary N) is 1. The number of carbonyl (C=O) groups excluding carboxylic acids is 4. The Kier molecular flexibility index (Phi) is 5.61. The highest BCUT2D eigenvalue weighted by Gasteiger charge is 2.42. The van der Waals surface area contributed by atoms with Gasteiger partial charge in [-0.15, -0.1) is 0 Å². The fourth-order valence-electron chi connectivity index (χ4n) is 4.81. The summed E-state index contributed by atoms with van der Waals surface area (Å²) in [4.78, 5) is 57.0. The van der Waals surface area contributed by atoms with Crippen molar-refractivity contribution in [1.82, 2.24) is 20.1 Å². The number of likely N-dealkylation sites (tertiary alicyclic amines) is 1. The zero-order chi connectivity index (χ0) is 24.0. The number of benzene rings is 1. The number of pyridine rings is 1. The molecule has 4 amide bonds. The summed E-state index contributed by atoms with van der Waals surface area (Å²) in [5.41, 5.74) is 0.657. The molecule has 2 fully saturated rings. The lowest BCUT2D eigenvalue weighted by atomic mass is 9.87. The third-order valence-electron chi connectivity index (χ3n) is 6.82. The lowest BCUT2D eigenvalue weighted by Gasteiger charge is -2.38. The molecule has 0 radical (unpaired) electrons. The van der Waals surface area contributed by atoms with Crippen LogP contribution in [-0.4, -0.2) is 62.7 Å². The van der Waals surface area contributed by atoms with Gasteiger partial charge < -0.3 is 14.9 Å². The lowest BCUT2D eigenvalue weighted by molar-refractivity contribution is -0.136. The molecule has 2 N–H and O–H groups in total. The van der Waals surface area contributed by atoms with Crippen molar-refractivity contribution in [2.45, 2.75) is 43.9 Å². The number of nitrogens with zero attached hydrogens (tertiary/aromatic N) is 3.